The van der Waals surface area contributed by atoms with Crippen LogP contribution in [0, 0.1) is 5.41 Å². The zero-order valence-corrected chi connectivity index (χ0v) is 24.8. The Bertz CT molecular complexity index is 1000. The molecule has 1 saturated carbocycles. The van der Waals surface area contributed by atoms with Crippen LogP contribution in [-0.4, -0.2) is 64.9 Å². The van der Waals surface area contributed by atoms with Gasteiger partial charge in [0, 0.05) is 55.1 Å². The van der Waals surface area contributed by atoms with Crippen molar-refractivity contribution in [2.75, 3.05) is 32.7 Å². The summed E-state index contributed by atoms with van der Waals surface area (Å²) in [6, 6.07) is 12.7. The van der Waals surface area contributed by atoms with Gasteiger partial charge < -0.3 is 19.1 Å². The summed E-state index contributed by atoms with van der Waals surface area (Å²) < 4.78 is 8.47. The lowest BCUT2D eigenvalue weighted by atomic mass is 9.93. The molecule has 0 radical (unpaired) electrons. The average molecular weight is 595 g/mol. The molecule has 1 fully saturated rings. The first-order chi connectivity index (χ1) is 17.7. The van der Waals surface area contributed by atoms with Crippen LogP contribution in [-0.2, 0) is 27.4 Å². The zero-order valence-electron chi connectivity index (χ0n) is 22.4. The summed E-state index contributed by atoms with van der Waals surface area (Å²) in [5.41, 5.74) is 1.57. The van der Waals surface area contributed by atoms with Crippen LogP contribution in [0.15, 0.2) is 47.1 Å². The molecule has 6 nitrogen and oxygen atoms in total. The van der Waals surface area contributed by atoms with Crippen LogP contribution in [0.2, 0.25) is 0 Å². The number of hydrogen-bond donors (Lipinski definition) is 0. The highest BCUT2D eigenvalue weighted by Crippen LogP contribution is 2.26. The normalized spacial score (nSPS) is 14.5. The number of alkyl halides is 1. The first-order valence-corrected chi connectivity index (χ1v) is 14.6. The second-order valence-electron chi connectivity index (χ2n) is 10.7. The number of rotatable bonds is 13. The molecule has 204 valence electrons. The number of benzene rings is 1. The Balaban J connectivity index is 1.80. The zero-order chi connectivity index (χ0) is 26.8. The van der Waals surface area contributed by atoms with Gasteiger partial charge in [0.2, 0.25) is 11.8 Å². The fourth-order valence-corrected chi connectivity index (χ4v) is 5.29. The van der Waals surface area contributed by atoms with E-state index in [1.807, 2.05) is 36.9 Å². The van der Waals surface area contributed by atoms with Gasteiger partial charge in [0.1, 0.15) is 0 Å². The lowest BCUT2D eigenvalue weighted by Crippen LogP contribution is -2.50. The lowest BCUT2D eigenvalue weighted by Gasteiger charge is -2.37. The largest absolute Gasteiger partial charge is 0.385 e. The Morgan fingerprint density at radius 2 is 1.84 bits per heavy atom. The SMILES string of the molecule is COCCCN(CC(=O)N(Cc1cccn1Cc1ccc(Br)cc1)C1CCCCC1)C(=O)C(C)(C)CCl. The third-order valence-electron chi connectivity index (χ3n) is 7.16. The molecule has 1 aromatic heterocycles. The van der Waals surface area contributed by atoms with Crippen molar-refractivity contribution < 1.29 is 14.3 Å². The van der Waals surface area contributed by atoms with Crippen molar-refractivity contribution in [2.24, 2.45) is 5.41 Å². The predicted octanol–water partition coefficient (Wildman–Crippen LogP) is 6.09. The van der Waals surface area contributed by atoms with Crippen molar-refractivity contribution in [1.82, 2.24) is 14.4 Å². The molecule has 8 heteroatoms. The summed E-state index contributed by atoms with van der Waals surface area (Å²) in [4.78, 5) is 30.9. The Kier molecular flexibility index (Phi) is 11.5. The van der Waals surface area contributed by atoms with Crippen LogP contribution >= 0.6 is 27.5 Å². The molecule has 0 unspecified atom stereocenters. The first-order valence-electron chi connectivity index (χ1n) is 13.3. The molecule has 1 aliphatic carbocycles. The van der Waals surface area contributed by atoms with Gasteiger partial charge in [-0.25, -0.2) is 0 Å². The van der Waals surface area contributed by atoms with E-state index >= 15 is 0 Å². The molecular weight excluding hydrogens is 554 g/mol. The molecule has 1 aromatic carbocycles. The highest BCUT2D eigenvalue weighted by atomic mass is 79.9. The van der Waals surface area contributed by atoms with Crippen molar-refractivity contribution in [3.63, 3.8) is 0 Å². The van der Waals surface area contributed by atoms with Crippen molar-refractivity contribution in [2.45, 2.75) is 71.5 Å². The highest BCUT2D eigenvalue weighted by molar-refractivity contribution is 9.10. The summed E-state index contributed by atoms with van der Waals surface area (Å²) in [6.45, 7) is 6.02. The molecule has 2 aromatic rings. The third-order valence-corrected chi connectivity index (χ3v) is 8.36. The van der Waals surface area contributed by atoms with Gasteiger partial charge in [0.05, 0.1) is 18.5 Å². The van der Waals surface area contributed by atoms with Gasteiger partial charge >= 0.3 is 0 Å². The second kappa shape index (κ2) is 14.4. The van der Waals surface area contributed by atoms with Gasteiger partial charge in [-0.3, -0.25) is 9.59 Å². The van der Waals surface area contributed by atoms with Gasteiger partial charge in [-0.15, -0.1) is 11.6 Å². The minimum atomic E-state index is -0.732. The Morgan fingerprint density at radius 1 is 1.14 bits per heavy atom. The fourth-order valence-electron chi connectivity index (χ4n) is 4.91. The molecule has 0 spiro atoms. The Labute approximate surface area is 235 Å². The maximum Gasteiger partial charge on any atom is 0.242 e. The fraction of sp³-hybridized carbons (Fsp3) is 0.586. The molecule has 2 amide bonds. The molecule has 0 saturated heterocycles. The van der Waals surface area contributed by atoms with Crippen LogP contribution in [0.4, 0.5) is 0 Å². The van der Waals surface area contributed by atoms with Crippen LogP contribution in [0.1, 0.15) is 63.6 Å². The quantitative estimate of drug-likeness (QED) is 0.208. The number of nitrogens with zero attached hydrogens (tertiary/aromatic N) is 3. The monoisotopic (exact) mass is 593 g/mol. The summed E-state index contributed by atoms with van der Waals surface area (Å²) in [5, 5.41) is 0. The summed E-state index contributed by atoms with van der Waals surface area (Å²) in [5.74, 6) is 0.116. The molecule has 37 heavy (non-hydrogen) atoms. The van der Waals surface area contributed by atoms with E-state index in [1.54, 1.807) is 12.0 Å². The molecule has 1 heterocycles. The third kappa shape index (κ3) is 8.59. The number of amides is 2. The Hall–Kier alpha value is -1.83. The van der Waals surface area contributed by atoms with Gasteiger partial charge in [0.25, 0.3) is 0 Å². The lowest BCUT2D eigenvalue weighted by molar-refractivity contribution is -0.147. The van der Waals surface area contributed by atoms with Gasteiger partial charge in [-0.1, -0.05) is 47.3 Å². The molecular formula is C29H41BrClN3O3. The predicted molar refractivity (Wildman–Crippen MR) is 153 cm³/mol. The van der Waals surface area contributed by atoms with E-state index in [2.05, 4.69) is 44.9 Å². The standard InChI is InChI=1S/C29H41BrClN3O3/c1-29(2,22-31)28(36)33(17-8-18-37-3)21-27(35)34(25-9-5-4-6-10-25)20-26-11-7-16-32(26)19-23-12-14-24(30)15-13-23/h7,11-16,25H,4-6,8-10,17-22H2,1-3H3. The van der Waals surface area contributed by atoms with Crippen LogP contribution in [0.5, 0.6) is 0 Å². The molecule has 3 rings (SSSR count). The van der Waals surface area contributed by atoms with Gasteiger partial charge in [-0.2, -0.15) is 0 Å². The highest BCUT2D eigenvalue weighted by Gasteiger charge is 2.34. The van der Waals surface area contributed by atoms with Gasteiger partial charge in [-0.05, 0) is 62.9 Å². The summed E-state index contributed by atoms with van der Waals surface area (Å²) >= 11 is 9.63. The van der Waals surface area contributed by atoms with E-state index in [0.29, 0.717) is 26.1 Å². The van der Waals surface area contributed by atoms with Crippen LogP contribution in [0.25, 0.3) is 0 Å². The number of hydrogen-bond acceptors (Lipinski definition) is 3. The Morgan fingerprint density at radius 3 is 2.49 bits per heavy atom. The first kappa shape index (κ1) is 29.7. The van der Waals surface area contributed by atoms with Crippen molar-refractivity contribution in [1.29, 1.82) is 0 Å². The van der Waals surface area contributed by atoms with Crippen LogP contribution in [0.3, 0.4) is 0 Å². The smallest absolute Gasteiger partial charge is 0.242 e. The molecule has 1 aliphatic rings. The van der Waals surface area contributed by atoms with E-state index < -0.39 is 5.41 Å². The number of carbonyl (C=O) groups is 2. The summed E-state index contributed by atoms with van der Waals surface area (Å²) in [7, 11) is 1.65. The van der Waals surface area contributed by atoms with Crippen molar-refractivity contribution >= 4 is 39.3 Å². The molecule has 0 aliphatic heterocycles. The minimum Gasteiger partial charge on any atom is -0.385 e. The molecule has 0 N–H and O–H groups in total. The van der Waals surface area contributed by atoms with Crippen molar-refractivity contribution in [3.8, 4) is 0 Å². The van der Waals surface area contributed by atoms with Crippen molar-refractivity contribution in [3.05, 3.63) is 58.3 Å². The number of methoxy groups -OCH3 is 1. The van der Waals surface area contributed by atoms with E-state index in [-0.39, 0.29) is 30.3 Å². The molecule has 0 atom stereocenters. The number of carbonyl (C=O) groups excluding carboxylic acids is 2. The number of halogens is 2. The topological polar surface area (TPSA) is 54.8 Å². The average Bonchev–Trinajstić information content (AvgIpc) is 3.34. The van der Waals surface area contributed by atoms with E-state index in [9.17, 15) is 9.59 Å². The summed E-state index contributed by atoms with van der Waals surface area (Å²) in [6.07, 6.45) is 8.23. The number of aromatic nitrogens is 1. The maximum atomic E-state index is 13.9. The van der Waals surface area contributed by atoms with E-state index in [1.165, 1.54) is 12.0 Å². The molecule has 0 bridgehead atoms. The van der Waals surface area contributed by atoms with E-state index in [4.69, 9.17) is 16.3 Å². The second-order valence-corrected chi connectivity index (χ2v) is 11.8. The van der Waals surface area contributed by atoms with Crippen LogP contribution < -0.4 is 0 Å². The van der Waals surface area contributed by atoms with Gasteiger partial charge in [0.15, 0.2) is 0 Å². The minimum absolute atomic E-state index is 0.000527. The number of ether oxygens (including phenoxy) is 1. The maximum absolute atomic E-state index is 13.9. The van der Waals surface area contributed by atoms with E-state index in [0.717, 1.165) is 42.4 Å².